The molecule has 8 heteroatoms. The number of H-pyrrole nitrogens is 1. The molecule has 0 aromatic carbocycles. The first kappa shape index (κ1) is 20.5. The van der Waals surface area contributed by atoms with E-state index in [0.717, 1.165) is 59.2 Å². The summed E-state index contributed by atoms with van der Waals surface area (Å²) in [4.78, 5) is 40.1. The molecule has 2 aromatic heterocycles. The number of hydrogen-bond donors (Lipinski definition) is 2. The Labute approximate surface area is 170 Å². The fourth-order valence-electron chi connectivity index (χ4n) is 3.64. The van der Waals surface area contributed by atoms with E-state index in [1.165, 1.54) is 11.3 Å². The summed E-state index contributed by atoms with van der Waals surface area (Å²) in [5, 5.41) is 4.13. The lowest BCUT2D eigenvalue weighted by atomic mass is 10.1. The highest BCUT2D eigenvalue weighted by Gasteiger charge is 2.26. The molecule has 152 valence electrons. The van der Waals surface area contributed by atoms with Gasteiger partial charge in [-0.15, -0.1) is 11.3 Å². The molecule has 1 fully saturated rings. The average Bonchev–Trinajstić information content (AvgIpc) is 3.08. The van der Waals surface area contributed by atoms with E-state index >= 15 is 0 Å². The normalized spacial score (nSPS) is 17.4. The van der Waals surface area contributed by atoms with Gasteiger partial charge in [-0.1, -0.05) is 6.92 Å². The van der Waals surface area contributed by atoms with Crippen LogP contribution >= 0.6 is 11.3 Å². The lowest BCUT2D eigenvalue weighted by molar-refractivity contribution is 0.0764. The molecular formula is C20H29N5O2S. The molecule has 0 saturated carbocycles. The summed E-state index contributed by atoms with van der Waals surface area (Å²) in [6.07, 6.45) is 4.43. The fourth-order valence-corrected chi connectivity index (χ4v) is 4.78. The molecule has 0 aliphatic carbocycles. The van der Waals surface area contributed by atoms with Gasteiger partial charge in [0.15, 0.2) is 0 Å². The monoisotopic (exact) mass is 403 g/mol. The van der Waals surface area contributed by atoms with Gasteiger partial charge in [0.1, 0.15) is 16.4 Å². The number of imidazole rings is 1. The summed E-state index contributed by atoms with van der Waals surface area (Å²) >= 11 is 1.52. The number of thiazole rings is 1. The molecule has 3 heterocycles. The Kier molecular flexibility index (Phi) is 6.49. The first-order valence-electron chi connectivity index (χ1n) is 9.98. The molecule has 1 unspecified atom stereocenters. The molecule has 1 aliphatic rings. The molecule has 3 rings (SSSR count). The summed E-state index contributed by atoms with van der Waals surface area (Å²) in [5.74, 6) is 0.667. The minimum atomic E-state index is -0.144. The molecular weight excluding hydrogens is 374 g/mol. The molecule has 1 atom stereocenters. The van der Waals surface area contributed by atoms with Gasteiger partial charge in [0.25, 0.3) is 11.8 Å². The predicted molar refractivity (Wildman–Crippen MR) is 110 cm³/mol. The Morgan fingerprint density at radius 2 is 2.00 bits per heavy atom. The number of carbonyl (C=O) groups is 2. The summed E-state index contributed by atoms with van der Waals surface area (Å²) in [7, 11) is 0. The summed E-state index contributed by atoms with van der Waals surface area (Å²) in [5.41, 5.74) is 2.07. The minimum Gasteiger partial charge on any atom is -0.348 e. The molecule has 1 saturated heterocycles. The van der Waals surface area contributed by atoms with Crippen LogP contribution in [0.3, 0.4) is 0 Å². The largest absolute Gasteiger partial charge is 0.348 e. The standard InChI is InChI=1S/C20H29N5O2S/c1-5-7-16-22-13(3)18(28-16)20(27)25-10-6-8-15(9-11-25)24-19(26)17-12(2)21-14(4)23-17/h15H,5-11H2,1-4H3,(H,21,23)(H,24,26). The van der Waals surface area contributed by atoms with E-state index < -0.39 is 0 Å². The third-order valence-electron chi connectivity index (χ3n) is 5.07. The number of nitrogens with zero attached hydrogens (tertiary/aromatic N) is 3. The van der Waals surface area contributed by atoms with Crippen LogP contribution in [0.25, 0.3) is 0 Å². The van der Waals surface area contributed by atoms with Crippen molar-refractivity contribution in [1.82, 2.24) is 25.2 Å². The number of hydrogen-bond acceptors (Lipinski definition) is 5. The second kappa shape index (κ2) is 8.86. The van der Waals surface area contributed by atoms with E-state index in [1.54, 1.807) is 0 Å². The lowest BCUT2D eigenvalue weighted by Crippen LogP contribution is -2.37. The number of aryl methyl sites for hydroxylation is 4. The summed E-state index contributed by atoms with van der Waals surface area (Å²) < 4.78 is 0. The Balaban J connectivity index is 1.61. The highest BCUT2D eigenvalue weighted by atomic mass is 32.1. The maximum Gasteiger partial charge on any atom is 0.271 e. The zero-order valence-electron chi connectivity index (χ0n) is 17.1. The van der Waals surface area contributed by atoms with Crippen molar-refractivity contribution in [3.05, 3.63) is 32.8 Å². The van der Waals surface area contributed by atoms with E-state index in [4.69, 9.17) is 0 Å². The number of amides is 2. The van der Waals surface area contributed by atoms with Crippen LogP contribution in [-0.4, -0.2) is 50.8 Å². The predicted octanol–water partition coefficient (Wildman–Crippen LogP) is 3.17. The van der Waals surface area contributed by atoms with Crippen molar-refractivity contribution in [3.8, 4) is 0 Å². The third-order valence-corrected chi connectivity index (χ3v) is 6.27. The number of likely N-dealkylation sites (tertiary alicyclic amines) is 1. The van der Waals surface area contributed by atoms with E-state index in [1.807, 2.05) is 25.7 Å². The first-order chi connectivity index (χ1) is 13.4. The van der Waals surface area contributed by atoms with E-state index in [-0.39, 0.29) is 17.9 Å². The van der Waals surface area contributed by atoms with Crippen molar-refractivity contribution in [2.24, 2.45) is 0 Å². The van der Waals surface area contributed by atoms with Crippen LogP contribution in [0.1, 0.15) is 75.0 Å². The Morgan fingerprint density at radius 3 is 2.68 bits per heavy atom. The average molecular weight is 404 g/mol. The van der Waals surface area contributed by atoms with Gasteiger partial charge in [-0.05, 0) is 52.9 Å². The smallest absolute Gasteiger partial charge is 0.271 e. The third kappa shape index (κ3) is 4.60. The van der Waals surface area contributed by atoms with Gasteiger partial charge >= 0.3 is 0 Å². The van der Waals surface area contributed by atoms with Crippen LogP contribution in [0, 0.1) is 20.8 Å². The van der Waals surface area contributed by atoms with E-state index in [9.17, 15) is 9.59 Å². The van der Waals surface area contributed by atoms with Crippen molar-refractivity contribution in [2.45, 2.75) is 65.8 Å². The molecule has 0 bridgehead atoms. The van der Waals surface area contributed by atoms with E-state index in [2.05, 4.69) is 27.2 Å². The maximum atomic E-state index is 13.0. The quantitative estimate of drug-likeness (QED) is 0.802. The minimum absolute atomic E-state index is 0.0555. The van der Waals surface area contributed by atoms with Crippen LogP contribution in [0.4, 0.5) is 0 Å². The van der Waals surface area contributed by atoms with Crippen molar-refractivity contribution in [3.63, 3.8) is 0 Å². The van der Waals surface area contributed by atoms with Crippen LogP contribution in [0.2, 0.25) is 0 Å². The van der Waals surface area contributed by atoms with Crippen molar-refractivity contribution < 1.29 is 9.59 Å². The van der Waals surface area contributed by atoms with Gasteiger partial charge in [0.2, 0.25) is 0 Å². The topological polar surface area (TPSA) is 91.0 Å². The zero-order valence-corrected chi connectivity index (χ0v) is 17.9. The number of aromatic amines is 1. The molecule has 0 radical (unpaired) electrons. The van der Waals surface area contributed by atoms with Crippen molar-refractivity contribution in [1.29, 1.82) is 0 Å². The molecule has 0 spiro atoms. The molecule has 1 aliphatic heterocycles. The Bertz CT molecular complexity index is 857. The fraction of sp³-hybridized carbons (Fsp3) is 0.600. The number of nitrogens with one attached hydrogen (secondary N) is 2. The van der Waals surface area contributed by atoms with Crippen LogP contribution in [0.15, 0.2) is 0 Å². The highest BCUT2D eigenvalue weighted by Crippen LogP contribution is 2.23. The highest BCUT2D eigenvalue weighted by molar-refractivity contribution is 7.13. The first-order valence-corrected chi connectivity index (χ1v) is 10.8. The Morgan fingerprint density at radius 1 is 1.21 bits per heavy atom. The maximum absolute atomic E-state index is 13.0. The van der Waals surface area contributed by atoms with Crippen molar-refractivity contribution in [2.75, 3.05) is 13.1 Å². The molecule has 2 aromatic rings. The van der Waals surface area contributed by atoms with Gasteiger partial charge in [0.05, 0.1) is 10.7 Å². The number of carbonyl (C=O) groups excluding carboxylic acids is 2. The number of rotatable bonds is 5. The molecule has 7 nitrogen and oxygen atoms in total. The molecule has 2 amide bonds. The van der Waals surface area contributed by atoms with Gasteiger partial charge < -0.3 is 15.2 Å². The SMILES string of the molecule is CCCc1nc(C)c(C(=O)N2CCCC(NC(=O)c3nc(C)[nH]c3C)CC2)s1. The van der Waals surface area contributed by atoms with Crippen LogP contribution in [0.5, 0.6) is 0 Å². The van der Waals surface area contributed by atoms with Gasteiger partial charge in [-0.2, -0.15) is 0 Å². The molecule has 28 heavy (non-hydrogen) atoms. The van der Waals surface area contributed by atoms with Gasteiger partial charge in [-0.3, -0.25) is 9.59 Å². The van der Waals surface area contributed by atoms with E-state index in [0.29, 0.717) is 18.8 Å². The molecule has 2 N–H and O–H groups in total. The number of aromatic nitrogens is 3. The van der Waals surface area contributed by atoms with Gasteiger partial charge in [-0.25, -0.2) is 9.97 Å². The van der Waals surface area contributed by atoms with Crippen LogP contribution < -0.4 is 5.32 Å². The Hall–Kier alpha value is -2.22. The zero-order chi connectivity index (χ0) is 20.3. The summed E-state index contributed by atoms with van der Waals surface area (Å²) in [6, 6.07) is 0.0555. The van der Waals surface area contributed by atoms with Crippen molar-refractivity contribution >= 4 is 23.2 Å². The summed E-state index contributed by atoms with van der Waals surface area (Å²) in [6.45, 7) is 9.08. The van der Waals surface area contributed by atoms with Gasteiger partial charge in [0, 0.05) is 24.8 Å². The second-order valence-corrected chi connectivity index (χ2v) is 8.55. The van der Waals surface area contributed by atoms with Crippen LogP contribution in [-0.2, 0) is 6.42 Å². The lowest BCUT2D eigenvalue weighted by Gasteiger charge is -2.20. The second-order valence-electron chi connectivity index (χ2n) is 7.46.